The summed E-state index contributed by atoms with van der Waals surface area (Å²) in [5.74, 6) is 2.39. The van der Waals surface area contributed by atoms with Crippen LogP contribution in [0.2, 0.25) is 0 Å². The van der Waals surface area contributed by atoms with Crippen molar-refractivity contribution in [2.45, 2.75) is 71.1 Å². The van der Waals surface area contributed by atoms with Crippen LogP contribution in [-0.4, -0.2) is 114 Å². The molecular weight excluding hydrogens is 827 g/mol. The summed E-state index contributed by atoms with van der Waals surface area (Å²) in [7, 11) is 0. The number of aromatic amines is 2. The number of benzene rings is 5. The zero-order chi connectivity index (χ0) is 40.9. The molecule has 0 fully saturated rings. The van der Waals surface area contributed by atoms with E-state index in [9.17, 15) is 0 Å². The van der Waals surface area contributed by atoms with Gasteiger partial charge >= 0.3 is 67.3 Å². The first kappa shape index (κ1) is 47.4. The Morgan fingerprint density at radius 3 is 0.952 bits per heavy atom. The fraction of sp³-hybridized carbons (Fsp3) is 0.240. The van der Waals surface area contributed by atoms with E-state index < -0.39 is 0 Å². The molecule has 5 aromatic carbocycles. The van der Waals surface area contributed by atoms with Crippen molar-refractivity contribution in [2.75, 3.05) is 6.61 Å². The molecule has 0 amide bonds. The summed E-state index contributed by atoms with van der Waals surface area (Å²) in [6, 6.07) is 44.2. The van der Waals surface area contributed by atoms with Gasteiger partial charge in [0.2, 0.25) is 0 Å². The number of aromatic nitrogens is 8. The van der Waals surface area contributed by atoms with Gasteiger partial charge in [-0.05, 0) is 6.42 Å². The summed E-state index contributed by atoms with van der Waals surface area (Å²) < 4.78 is 4.49. The maximum atomic E-state index is 5.11. The van der Waals surface area contributed by atoms with Crippen LogP contribution in [0.1, 0.15) is 71.1 Å². The summed E-state index contributed by atoms with van der Waals surface area (Å²) in [6.45, 7) is 2.97. The molecule has 0 atom stereocenters. The number of halogens is 1. The van der Waals surface area contributed by atoms with Crippen molar-refractivity contribution >= 4 is 123 Å². The maximum Gasteiger partial charge on any atom is 0.164 e. The number of hydrogen-bond donors (Lipinski definition) is 2. The van der Waals surface area contributed by atoms with E-state index in [0.29, 0.717) is 52.5 Å². The number of nitrogens with zero attached hydrogens (tertiary/aromatic N) is 6. The molecule has 8 aromatic rings. The van der Waals surface area contributed by atoms with E-state index in [1.807, 2.05) is 133 Å². The first-order valence-electron chi connectivity index (χ1n) is 21.1. The molecule has 62 heavy (non-hydrogen) atoms. The third-order valence-corrected chi connectivity index (χ3v) is 10.9. The van der Waals surface area contributed by atoms with Crippen LogP contribution >= 0.6 is 11.9 Å². The zero-order valence-electron chi connectivity index (χ0n) is 33.9. The molecule has 0 unspecified atom stereocenters. The van der Waals surface area contributed by atoms with E-state index in [1.165, 1.54) is 57.8 Å². The molecule has 0 spiro atoms. The van der Waals surface area contributed by atoms with Crippen molar-refractivity contribution in [3.8, 4) is 45.6 Å². The van der Waals surface area contributed by atoms with Gasteiger partial charge in [-0.3, -0.25) is 4.29 Å². The van der Waals surface area contributed by atoms with Gasteiger partial charge < -0.3 is 9.97 Å². The predicted molar refractivity (Wildman–Crippen MR) is 262 cm³/mol. The smallest absolute Gasteiger partial charge is 0.164 e. The molecule has 0 saturated carbocycles. The number of H-pyrrole nitrogens is 2. The summed E-state index contributed by atoms with van der Waals surface area (Å²) in [6.07, 6.45) is 13.5. The van der Waals surface area contributed by atoms with Gasteiger partial charge in [-0.15, -0.1) is 0 Å². The fourth-order valence-electron chi connectivity index (χ4n) is 7.62. The van der Waals surface area contributed by atoms with Crippen LogP contribution in [0.5, 0.6) is 0 Å². The molecule has 3 aromatic heterocycles. The number of fused-ring (bicyclic) bond motifs is 20. The Bertz CT molecular complexity index is 2490. The minimum absolute atomic E-state index is 0. The van der Waals surface area contributed by atoms with Crippen LogP contribution in [0.3, 0.4) is 0 Å². The van der Waals surface area contributed by atoms with Crippen molar-refractivity contribution in [1.29, 1.82) is 0 Å². The Balaban J connectivity index is 0.000000245. The van der Waals surface area contributed by atoms with Gasteiger partial charge in [-0.25, -0.2) is 29.9 Å². The Morgan fingerprint density at radius 2 is 0.661 bits per heavy atom. The van der Waals surface area contributed by atoms with E-state index in [1.54, 1.807) is 0 Å². The van der Waals surface area contributed by atoms with Gasteiger partial charge in [0.1, 0.15) is 22.6 Å². The third-order valence-electron chi connectivity index (χ3n) is 10.7. The Kier molecular flexibility index (Phi) is 18.5. The van der Waals surface area contributed by atoms with Crippen LogP contribution in [0.15, 0.2) is 133 Å². The van der Waals surface area contributed by atoms with Crippen LogP contribution in [0.4, 0.5) is 0 Å². The van der Waals surface area contributed by atoms with E-state index in [4.69, 9.17) is 41.8 Å². The SMILES string of the molecule is CCCCCCCCCCCCOCl.[CaH2].[NaH].c1ccc2c(c1)-c1nc-2nc2[nH]c(nc3nc(nc4[nH]c(n1)c1ccccc41)-c1ccccc1-3)c1ccccc21.c1ccccc1. The number of rotatable bonds is 11. The molecule has 5 heterocycles. The van der Waals surface area contributed by atoms with E-state index in [-0.39, 0.29) is 67.3 Å². The van der Waals surface area contributed by atoms with E-state index >= 15 is 0 Å². The van der Waals surface area contributed by atoms with Crippen molar-refractivity contribution < 1.29 is 4.29 Å². The van der Waals surface area contributed by atoms with E-state index in [0.717, 1.165) is 50.2 Å². The van der Waals surface area contributed by atoms with Gasteiger partial charge in [0.25, 0.3) is 0 Å². The summed E-state index contributed by atoms with van der Waals surface area (Å²) >= 11 is 5.11. The van der Waals surface area contributed by atoms with Gasteiger partial charge in [0.05, 0.1) is 18.5 Å². The molecule has 2 aliphatic heterocycles. The molecule has 0 saturated heterocycles. The quantitative estimate of drug-likeness (QED) is 0.0981. The average Bonchev–Trinajstić information content (AvgIpc) is 4.04. The molecule has 308 valence electrons. The maximum absolute atomic E-state index is 5.11. The first-order valence-corrected chi connectivity index (χ1v) is 21.5. The molecule has 12 heteroatoms. The summed E-state index contributed by atoms with van der Waals surface area (Å²) in [4.78, 5) is 36.8. The number of nitrogens with one attached hydrogen (secondary N) is 2. The van der Waals surface area contributed by atoms with Crippen LogP contribution < -0.4 is 0 Å². The largest absolute Gasteiger partial charge is 0.324 e. The van der Waals surface area contributed by atoms with Gasteiger partial charge in [-0.1, -0.05) is 198 Å². The molecule has 2 N–H and O–H groups in total. The summed E-state index contributed by atoms with van der Waals surface area (Å²) in [5, 5.41) is 3.82. The molecule has 0 aliphatic carbocycles. The zero-order valence-corrected chi connectivity index (χ0v) is 34.7. The second kappa shape index (κ2) is 24.1. The normalized spacial score (nSPS) is 10.9. The van der Waals surface area contributed by atoms with Crippen LogP contribution in [0, 0.1) is 0 Å². The second-order valence-corrected chi connectivity index (χ2v) is 15.2. The van der Waals surface area contributed by atoms with Gasteiger partial charge in [-0.2, -0.15) is 0 Å². The summed E-state index contributed by atoms with van der Waals surface area (Å²) in [5.41, 5.74) is 6.45. The van der Waals surface area contributed by atoms with Crippen molar-refractivity contribution in [3.05, 3.63) is 133 Å². The number of hydrogen-bond acceptors (Lipinski definition) is 7. The van der Waals surface area contributed by atoms with Gasteiger partial charge in [0.15, 0.2) is 23.3 Å². The Labute approximate surface area is 420 Å². The van der Waals surface area contributed by atoms with Gasteiger partial charge in [0, 0.05) is 43.8 Å². The third kappa shape index (κ3) is 11.6. The van der Waals surface area contributed by atoms with Crippen molar-refractivity contribution in [2.24, 2.45) is 0 Å². The predicted octanol–water partition coefficient (Wildman–Crippen LogP) is 12.1. The monoisotopic (exact) mass is 878 g/mol. The fourth-order valence-corrected chi connectivity index (χ4v) is 7.73. The van der Waals surface area contributed by atoms with Crippen LogP contribution in [-0.2, 0) is 4.29 Å². The Hall–Kier alpha value is -4.03. The van der Waals surface area contributed by atoms with Crippen LogP contribution in [0.25, 0.3) is 89.7 Å². The molecule has 2 aliphatic rings. The topological polar surface area (TPSA) is 118 Å². The Morgan fingerprint density at radius 1 is 0.387 bits per heavy atom. The molecular formula is C50H52CaClN8NaO. The molecule has 0 radical (unpaired) electrons. The van der Waals surface area contributed by atoms with E-state index in [2.05, 4.69) is 21.2 Å². The first-order chi connectivity index (χ1) is 29.7. The average molecular weight is 880 g/mol. The standard InChI is InChI=1S/C32H18N8.C12H25ClO.C6H6.Ca.Na.3H/c1-2-10-18-17(9-1)25-33-26(18)38-28-21-13-5-6-14-22(21)30(35-28)40-32-24-16-8-7-15-23(24)31(36-32)39-29-20-12-4-3-11-19(20)27(34-29)37-25;1-2-3-4-5-6-7-8-9-10-11-12-14-13;1-2-4-6-5-3-1;;;;;/h1-16H,(H2,33,34,35,36,37,38,39,40);2-12H2,1H3;1-6H;;;;;. The minimum Gasteiger partial charge on any atom is -0.324 e. The second-order valence-electron chi connectivity index (χ2n) is 14.9. The molecule has 8 bridgehead atoms. The minimum atomic E-state index is 0. The van der Waals surface area contributed by atoms with Crippen molar-refractivity contribution in [1.82, 2.24) is 39.9 Å². The number of unbranched alkanes of at least 4 members (excludes halogenated alkanes) is 9. The van der Waals surface area contributed by atoms with Crippen molar-refractivity contribution in [3.63, 3.8) is 0 Å². The molecule has 10 rings (SSSR count). The molecule has 9 nitrogen and oxygen atoms in total.